The van der Waals surface area contributed by atoms with Gasteiger partial charge in [-0.15, -0.1) is 0 Å². The molecule has 11 heteroatoms. The summed E-state index contributed by atoms with van der Waals surface area (Å²) in [5.74, 6) is 5.12. The summed E-state index contributed by atoms with van der Waals surface area (Å²) in [6.45, 7) is 3.23. The third-order valence-corrected chi connectivity index (χ3v) is 9.43. The van der Waals surface area contributed by atoms with E-state index in [1.165, 1.54) is 39.5 Å². The molecular weight excluding hydrogens is 537 g/mol. The van der Waals surface area contributed by atoms with Gasteiger partial charge in [0.05, 0.1) is 13.2 Å². The van der Waals surface area contributed by atoms with Crippen LogP contribution < -0.4 is 10.1 Å². The molecule has 2 amide bonds. The predicted octanol–water partition coefficient (Wildman–Crippen LogP) is 3.41. The molecule has 0 unspecified atom stereocenters. The van der Waals surface area contributed by atoms with E-state index in [1.54, 1.807) is 26.1 Å². The number of ether oxygens (including phenoxy) is 1. The Hall–Kier alpha value is -3.17. The Labute approximate surface area is 235 Å². The maximum atomic E-state index is 13.7. The number of aliphatic hydroxyl groups excluding tert-OH is 1. The van der Waals surface area contributed by atoms with Gasteiger partial charge in [0.15, 0.2) is 0 Å². The van der Waals surface area contributed by atoms with Crippen molar-refractivity contribution in [3.8, 4) is 17.6 Å². The van der Waals surface area contributed by atoms with Gasteiger partial charge >= 0.3 is 6.03 Å². The van der Waals surface area contributed by atoms with Gasteiger partial charge in [0.1, 0.15) is 28.2 Å². The van der Waals surface area contributed by atoms with E-state index in [1.807, 2.05) is 6.92 Å². The van der Waals surface area contributed by atoms with Crippen molar-refractivity contribution in [2.24, 2.45) is 5.92 Å². The number of fused-ring (bicyclic) bond motifs is 1. The third kappa shape index (κ3) is 6.75. The number of nitrogens with one attached hydrogen (secondary N) is 1. The molecule has 40 heavy (non-hydrogen) atoms. The summed E-state index contributed by atoms with van der Waals surface area (Å²) in [4.78, 5) is 14.2. The smallest absolute Gasteiger partial charge is 0.321 e. The summed E-state index contributed by atoms with van der Waals surface area (Å²) in [6, 6.07) is 8.92. The van der Waals surface area contributed by atoms with Gasteiger partial charge in [-0.1, -0.05) is 24.8 Å². The lowest BCUT2D eigenvalue weighted by Gasteiger charge is -2.37. The number of sulfonamides is 1. The van der Waals surface area contributed by atoms with Gasteiger partial charge in [-0.3, -0.25) is 0 Å². The van der Waals surface area contributed by atoms with Crippen LogP contribution in [0.2, 0.25) is 0 Å². The lowest BCUT2D eigenvalue weighted by Crippen LogP contribution is -2.50. The molecule has 0 radical (unpaired) electrons. The lowest BCUT2D eigenvalue weighted by atomic mass is 10.0. The van der Waals surface area contributed by atoms with Crippen molar-refractivity contribution in [2.75, 3.05) is 32.1 Å². The Bertz CT molecular complexity index is 1400. The molecule has 0 spiro atoms. The van der Waals surface area contributed by atoms with E-state index >= 15 is 0 Å². The van der Waals surface area contributed by atoms with E-state index in [9.17, 15) is 27.8 Å². The Balaban J connectivity index is 1.65. The lowest BCUT2D eigenvalue weighted by molar-refractivity contribution is 0.0830. The van der Waals surface area contributed by atoms with E-state index in [0.29, 0.717) is 24.1 Å². The highest BCUT2D eigenvalue weighted by atomic mass is 32.2. The number of anilines is 1. The van der Waals surface area contributed by atoms with Crippen LogP contribution in [0.3, 0.4) is 0 Å². The van der Waals surface area contributed by atoms with Crippen LogP contribution in [-0.2, 0) is 10.0 Å². The maximum absolute atomic E-state index is 13.7. The summed E-state index contributed by atoms with van der Waals surface area (Å²) in [7, 11) is -2.47. The normalized spacial score (nSPS) is 22.4. The van der Waals surface area contributed by atoms with E-state index in [4.69, 9.17) is 4.74 Å². The number of halogens is 1. The number of likely N-dealkylation sites (N-methyl/N-ethyl adjacent to an activating group) is 1. The molecule has 3 N–H and O–H groups in total. The number of hydrogen-bond donors (Lipinski definition) is 3. The monoisotopic (exact) mass is 573 g/mol. The summed E-state index contributed by atoms with van der Waals surface area (Å²) in [6.07, 6.45) is 2.35. The number of benzene rings is 2. The molecule has 0 bridgehead atoms. The topological polar surface area (TPSA) is 119 Å². The Morgan fingerprint density at radius 2 is 2.00 bits per heavy atom. The first kappa shape index (κ1) is 29.8. The fraction of sp³-hybridized carbons (Fsp3) is 0.483. The molecule has 2 aliphatic rings. The van der Waals surface area contributed by atoms with Gasteiger partial charge in [-0.2, -0.15) is 4.31 Å². The summed E-state index contributed by atoms with van der Waals surface area (Å²) < 4.78 is 48.5. The highest BCUT2D eigenvalue weighted by Gasteiger charge is 2.38. The number of nitrogens with zero attached hydrogens (tertiary/aromatic N) is 2. The van der Waals surface area contributed by atoms with Gasteiger partial charge in [0.2, 0.25) is 10.0 Å². The van der Waals surface area contributed by atoms with Crippen molar-refractivity contribution >= 4 is 21.7 Å². The largest absolute Gasteiger partial charge is 0.487 e. The van der Waals surface area contributed by atoms with Gasteiger partial charge in [0, 0.05) is 36.8 Å². The van der Waals surface area contributed by atoms with E-state index in [2.05, 4.69) is 17.2 Å². The molecule has 4 rings (SSSR count). The zero-order chi connectivity index (χ0) is 29.1. The summed E-state index contributed by atoms with van der Waals surface area (Å²) in [5, 5.41) is 23.1. The van der Waals surface area contributed by atoms with E-state index in [-0.39, 0.29) is 36.3 Å². The zero-order valence-electron chi connectivity index (χ0n) is 22.9. The van der Waals surface area contributed by atoms with Crippen molar-refractivity contribution in [2.45, 2.75) is 62.2 Å². The van der Waals surface area contributed by atoms with E-state index < -0.39 is 39.6 Å². The van der Waals surface area contributed by atoms with Crippen LogP contribution in [0.25, 0.3) is 0 Å². The minimum absolute atomic E-state index is 0.0577. The molecule has 9 nitrogen and oxygen atoms in total. The molecule has 216 valence electrons. The number of hydrogen-bond acceptors (Lipinski definition) is 6. The van der Waals surface area contributed by atoms with Gasteiger partial charge < -0.3 is 25.2 Å². The van der Waals surface area contributed by atoms with Crippen LogP contribution in [0.5, 0.6) is 5.75 Å². The molecule has 1 heterocycles. The fourth-order valence-electron chi connectivity index (χ4n) is 4.93. The minimum Gasteiger partial charge on any atom is -0.487 e. The van der Waals surface area contributed by atoms with Crippen molar-refractivity contribution in [3.63, 3.8) is 0 Å². The average Bonchev–Trinajstić information content (AvgIpc) is 3.35. The number of carbonyl (C=O) groups is 1. The highest BCUT2D eigenvalue weighted by Crippen LogP contribution is 2.34. The maximum Gasteiger partial charge on any atom is 0.321 e. The Morgan fingerprint density at radius 3 is 2.67 bits per heavy atom. The zero-order valence-corrected chi connectivity index (χ0v) is 23.7. The van der Waals surface area contributed by atoms with Gasteiger partial charge in [-0.05, 0) is 69.0 Å². The summed E-state index contributed by atoms with van der Waals surface area (Å²) >= 11 is 0. The number of aliphatic hydroxyl groups is 2. The minimum atomic E-state index is -4.04. The SMILES string of the molecule is C[C@@H]1CN([C@@H](C)CO)S(=O)(=O)c2ccc(C#CC3(O)CCCC3)cc2O[C@@H]1CN(C)C(=O)Nc1cccc(F)c1. The first-order chi connectivity index (χ1) is 18.9. The first-order valence-corrected chi connectivity index (χ1v) is 14.8. The molecule has 1 aliphatic carbocycles. The third-order valence-electron chi connectivity index (χ3n) is 7.41. The van der Waals surface area contributed by atoms with Crippen LogP contribution in [0, 0.1) is 23.6 Å². The molecule has 0 saturated heterocycles. The summed E-state index contributed by atoms with van der Waals surface area (Å²) in [5.41, 5.74) is -0.269. The van der Waals surface area contributed by atoms with Crippen molar-refractivity contribution in [1.29, 1.82) is 0 Å². The van der Waals surface area contributed by atoms with Gasteiger partial charge in [-0.25, -0.2) is 17.6 Å². The molecule has 0 aromatic heterocycles. The van der Waals surface area contributed by atoms with Crippen LogP contribution in [0.4, 0.5) is 14.9 Å². The van der Waals surface area contributed by atoms with Crippen molar-refractivity contribution < 1.29 is 32.6 Å². The van der Waals surface area contributed by atoms with Crippen LogP contribution >= 0.6 is 0 Å². The van der Waals surface area contributed by atoms with Crippen LogP contribution in [0.1, 0.15) is 45.1 Å². The number of urea groups is 1. The molecule has 1 saturated carbocycles. The van der Waals surface area contributed by atoms with E-state index in [0.717, 1.165) is 12.8 Å². The molecule has 2 aromatic rings. The molecule has 3 atom stereocenters. The second-order valence-electron chi connectivity index (χ2n) is 10.7. The quantitative estimate of drug-likeness (QED) is 0.472. The number of rotatable bonds is 5. The predicted molar refractivity (Wildman–Crippen MR) is 149 cm³/mol. The molecule has 1 fully saturated rings. The number of amides is 2. The highest BCUT2D eigenvalue weighted by molar-refractivity contribution is 7.89. The van der Waals surface area contributed by atoms with Crippen molar-refractivity contribution in [3.05, 3.63) is 53.8 Å². The molecule has 1 aliphatic heterocycles. The van der Waals surface area contributed by atoms with Crippen LogP contribution in [-0.4, -0.2) is 78.4 Å². The Kier molecular flexibility index (Phi) is 9.05. The Morgan fingerprint density at radius 1 is 1.27 bits per heavy atom. The standard InChI is InChI=1S/C29H36FN3O6S/c1-20-17-33(21(2)19-34)40(37,38)27-10-9-22(11-14-29(36)12-4-5-13-29)15-25(27)39-26(20)18-32(3)28(35)31-24-8-6-7-23(30)16-24/h6-10,15-16,20-21,26,34,36H,4-5,12-13,17-19H2,1-3H3,(H,31,35)/t20-,21+,26-/m1/s1. The average molecular weight is 574 g/mol. The fourth-order valence-corrected chi connectivity index (χ4v) is 6.76. The first-order valence-electron chi connectivity index (χ1n) is 13.4. The molecular formula is C29H36FN3O6S. The van der Waals surface area contributed by atoms with Gasteiger partial charge in [0.25, 0.3) is 0 Å². The molecule has 2 aromatic carbocycles. The second kappa shape index (κ2) is 12.1. The second-order valence-corrected chi connectivity index (χ2v) is 12.6. The number of carbonyl (C=O) groups excluding carboxylic acids is 1. The van der Waals surface area contributed by atoms with Crippen molar-refractivity contribution in [1.82, 2.24) is 9.21 Å². The van der Waals surface area contributed by atoms with Crippen LogP contribution in [0.15, 0.2) is 47.4 Å².